The number of amides is 1. The summed E-state index contributed by atoms with van der Waals surface area (Å²) in [6, 6.07) is 8.34. The summed E-state index contributed by atoms with van der Waals surface area (Å²) in [4.78, 5) is 25.0. The highest BCUT2D eigenvalue weighted by Crippen LogP contribution is 2.27. The van der Waals surface area contributed by atoms with Gasteiger partial charge in [0.25, 0.3) is 15.9 Å². The van der Waals surface area contributed by atoms with Gasteiger partial charge in [0.05, 0.1) is 5.92 Å². The number of hydrogen-bond donors (Lipinski definition) is 1. The summed E-state index contributed by atoms with van der Waals surface area (Å²) in [7, 11) is -3.63. The van der Waals surface area contributed by atoms with Crippen LogP contribution in [0, 0.1) is 12.8 Å². The van der Waals surface area contributed by atoms with Gasteiger partial charge in [0.1, 0.15) is 4.21 Å². The molecule has 1 amide bonds. The molecule has 2 heterocycles. The van der Waals surface area contributed by atoms with Gasteiger partial charge in [-0.1, -0.05) is 23.7 Å². The molecule has 1 aromatic carbocycles. The Balaban J connectivity index is 1.60. The Labute approximate surface area is 185 Å². The van der Waals surface area contributed by atoms with Crippen LogP contribution in [-0.2, 0) is 24.3 Å². The van der Waals surface area contributed by atoms with Crippen molar-refractivity contribution in [2.24, 2.45) is 5.92 Å². The van der Waals surface area contributed by atoms with E-state index in [0.29, 0.717) is 30.1 Å². The van der Waals surface area contributed by atoms with Gasteiger partial charge in [-0.3, -0.25) is 9.59 Å². The second kappa shape index (κ2) is 9.47. The Hall–Kier alpha value is -1.94. The molecule has 0 bridgehead atoms. The molecule has 2 unspecified atom stereocenters. The first-order valence-corrected chi connectivity index (χ1v) is 12.2. The molecule has 1 N–H and O–H groups in total. The number of esters is 1. The molecule has 0 aliphatic carbocycles. The van der Waals surface area contributed by atoms with Gasteiger partial charge in [-0.2, -0.15) is 4.31 Å². The number of anilines is 1. The number of aryl methyl sites for hydroxylation is 1. The van der Waals surface area contributed by atoms with Gasteiger partial charge < -0.3 is 10.1 Å². The van der Waals surface area contributed by atoms with Crippen molar-refractivity contribution < 1.29 is 22.7 Å². The van der Waals surface area contributed by atoms with Gasteiger partial charge in [-0.15, -0.1) is 11.3 Å². The average Bonchev–Trinajstić information content (AvgIpc) is 3.26. The maximum Gasteiger partial charge on any atom is 0.311 e. The minimum absolute atomic E-state index is 0.0425. The largest absolute Gasteiger partial charge is 0.452 e. The first-order valence-electron chi connectivity index (χ1n) is 9.49. The van der Waals surface area contributed by atoms with Crippen LogP contribution in [0.2, 0.25) is 5.02 Å². The molecular formula is C20H23ClN2O5S2. The number of thiophene rings is 1. The fourth-order valence-electron chi connectivity index (χ4n) is 3.18. The topological polar surface area (TPSA) is 92.8 Å². The molecule has 162 valence electrons. The third-order valence-corrected chi connectivity index (χ3v) is 8.40. The predicted octanol–water partition coefficient (Wildman–Crippen LogP) is 3.68. The van der Waals surface area contributed by atoms with Crippen LogP contribution in [0.15, 0.2) is 39.9 Å². The summed E-state index contributed by atoms with van der Waals surface area (Å²) in [5.41, 5.74) is 1.37. The smallest absolute Gasteiger partial charge is 0.311 e. The van der Waals surface area contributed by atoms with Gasteiger partial charge in [0.2, 0.25) is 0 Å². The lowest BCUT2D eigenvalue weighted by atomic mass is 10.00. The van der Waals surface area contributed by atoms with E-state index >= 15 is 0 Å². The van der Waals surface area contributed by atoms with Gasteiger partial charge in [0, 0.05) is 23.8 Å². The zero-order chi connectivity index (χ0) is 21.9. The maximum absolute atomic E-state index is 12.7. The van der Waals surface area contributed by atoms with Crippen molar-refractivity contribution in [2.75, 3.05) is 18.4 Å². The number of carbonyl (C=O) groups is 2. The lowest BCUT2D eigenvalue weighted by Gasteiger charge is -2.30. The first-order chi connectivity index (χ1) is 14.2. The van der Waals surface area contributed by atoms with E-state index in [4.69, 9.17) is 16.3 Å². The summed E-state index contributed by atoms with van der Waals surface area (Å²) in [6.45, 7) is 3.71. The summed E-state index contributed by atoms with van der Waals surface area (Å²) in [5.74, 6) is -1.67. The van der Waals surface area contributed by atoms with E-state index in [1.165, 1.54) is 11.2 Å². The second-order valence-corrected chi connectivity index (χ2v) is 10.7. The number of piperidine rings is 1. The summed E-state index contributed by atoms with van der Waals surface area (Å²) < 4.78 is 32.3. The van der Waals surface area contributed by atoms with E-state index in [2.05, 4.69) is 5.32 Å². The minimum atomic E-state index is -3.63. The Morgan fingerprint density at radius 3 is 2.80 bits per heavy atom. The van der Waals surface area contributed by atoms with Crippen LogP contribution in [0.5, 0.6) is 0 Å². The zero-order valence-electron chi connectivity index (χ0n) is 16.6. The average molecular weight is 471 g/mol. The Bertz CT molecular complexity index is 1020. The number of sulfonamides is 1. The van der Waals surface area contributed by atoms with E-state index in [0.717, 1.165) is 16.9 Å². The van der Waals surface area contributed by atoms with Crippen molar-refractivity contribution in [1.29, 1.82) is 0 Å². The number of nitrogens with one attached hydrogen (secondary N) is 1. The molecule has 3 rings (SSSR count). The molecule has 1 aromatic heterocycles. The van der Waals surface area contributed by atoms with E-state index < -0.39 is 33.9 Å². The van der Waals surface area contributed by atoms with Crippen molar-refractivity contribution in [2.45, 2.75) is 37.0 Å². The highest BCUT2D eigenvalue weighted by molar-refractivity contribution is 7.91. The number of benzene rings is 1. The molecule has 1 saturated heterocycles. The summed E-state index contributed by atoms with van der Waals surface area (Å²) in [6.07, 6.45) is 0.0316. The van der Waals surface area contributed by atoms with Crippen LogP contribution in [0.3, 0.4) is 0 Å². The van der Waals surface area contributed by atoms with Crippen LogP contribution in [-0.4, -0.2) is 43.8 Å². The van der Waals surface area contributed by atoms with Gasteiger partial charge in [0.15, 0.2) is 6.10 Å². The molecule has 7 nitrogen and oxygen atoms in total. The maximum atomic E-state index is 12.7. The van der Waals surface area contributed by atoms with Crippen molar-refractivity contribution in [1.82, 2.24) is 4.31 Å². The predicted molar refractivity (Wildman–Crippen MR) is 116 cm³/mol. The van der Waals surface area contributed by atoms with E-state index in [-0.39, 0.29) is 10.8 Å². The van der Waals surface area contributed by atoms with Crippen LogP contribution >= 0.6 is 22.9 Å². The van der Waals surface area contributed by atoms with Crippen molar-refractivity contribution in [3.05, 3.63) is 46.3 Å². The molecule has 1 fully saturated rings. The first kappa shape index (κ1) is 22.7. The molecule has 10 heteroatoms. The molecular weight excluding hydrogens is 448 g/mol. The molecule has 1 aliphatic heterocycles. The Morgan fingerprint density at radius 2 is 2.10 bits per heavy atom. The van der Waals surface area contributed by atoms with Gasteiger partial charge in [-0.25, -0.2) is 8.42 Å². The number of hydrogen-bond acceptors (Lipinski definition) is 6. The number of nitrogens with zero attached hydrogens (tertiary/aromatic N) is 1. The van der Waals surface area contributed by atoms with Crippen LogP contribution in [0.1, 0.15) is 25.3 Å². The molecule has 0 spiro atoms. The van der Waals surface area contributed by atoms with Gasteiger partial charge in [-0.05, 0) is 55.8 Å². The lowest BCUT2D eigenvalue weighted by molar-refractivity contribution is -0.158. The molecule has 0 saturated carbocycles. The molecule has 30 heavy (non-hydrogen) atoms. The molecule has 2 atom stereocenters. The lowest BCUT2D eigenvalue weighted by Crippen LogP contribution is -2.43. The summed E-state index contributed by atoms with van der Waals surface area (Å²) in [5, 5.41) is 4.89. The fourth-order valence-corrected chi connectivity index (χ4v) is 6.02. The Kier molecular flexibility index (Phi) is 7.18. The number of carbonyl (C=O) groups excluding carboxylic acids is 2. The van der Waals surface area contributed by atoms with Crippen molar-refractivity contribution in [3.63, 3.8) is 0 Å². The van der Waals surface area contributed by atoms with Crippen molar-refractivity contribution >= 4 is 50.5 Å². The zero-order valence-corrected chi connectivity index (χ0v) is 19.0. The molecule has 0 radical (unpaired) electrons. The summed E-state index contributed by atoms with van der Waals surface area (Å²) >= 11 is 7.11. The van der Waals surface area contributed by atoms with Crippen molar-refractivity contribution in [3.8, 4) is 0 Å². The van der Waals surface area contributed by atoms with E-state index in [1.54, 1.807) is 35.7 Å². The van der Waals surface area contributed by atoms with Crippen LogP contribution in [0.4, 0.5) is 5.69 Å². The Morgan fingerprint density at radius 1 is 1.33 bits per heavy atom. The standard InChI is InChI=1S/C20H23ClN2O5S2/c1-13-7-8-16(21)11-17(13)22-19(24)14(2)28-20(25)15-5-3-9-23(12-15)30(26,27)18-6-4-10-29-18/h4,6-8,10-11,14-15H,3,5,9,12H2,1-2H3,(H,22,24). The molecule has 1 aliphatic rings. The number of rotatable bonds is 6. The van der Waals surface area contributed by atoms with Crippen LogP contribution < -0.4 is 5.32 Å². The monoisotopic (exact) mass is 470 g/mol. The number of halogens is 1. The second-order valence-electron chi connectivity index (χ2n) is 7.16. The highest BCUT2D eigenvalue weighted by atomic mass is 35.5. The van der Waals surface area contributed by atoms with Gasteiger partial charge >= 0.3 is 5.97 Å². The number of ether oxygens (including phenoxy) is 1. The molecule has 2 aromatic rings. The van der Waals surface area contributed by atoms with Crippen LogP contribution in [0.25, 0.3) is 0 Å². The highest BCUT2D eigenvalue weighted by Gasteiger charge is 2.35. The minimum Gasteiger partial charge on any atom is -0.452 e. The normalized spacial score (nSPS) is 18.6. The third-order valence-electron chi connectivity index (χ3n) is 4.93. The van der Waals surface area contributed by atoms with E-state index in [9.17, 15) is 18.0 Å². The SMILES string of the molecule is Cc1ccc(Cl)cc1NC(=O)C(C)OC(=O)C1CCCN(S(=O)(=O)c2cccs2)C1. The van der Waals surface area contributed by atoms with E-state index in [1.807, 2.05) is 6.92 Å². The third kappa shape index (κ3) is 5.21. The quantitative estimate of drug-likeness (QED) is 0.650. The fraction of sp³-hybridized carbons (Fsp3) is 0.400.